The summed E-state index contributed by atoms with van der Waals surface area (Å²) in [6.45, 7) is 0. The Morgan fingerprint density at radius 3 is 1.11 bits per heavy atom. The number of benzene rings is 8. The molecule has 0 saturated carbocycles. The largest absolute Gasteiger partial charge is 0.134 e. The van der Waals surface area contributed by atoms with Crippen molar-refractivity contribution in [2.45, 2.75) is 0 Å². The van der Waals surface area contributed by atoms with E-state index in [0.29, 0.717) is 0 Å². The van der Waals surface area contributed by atoms with Crippen molar-refractivity contribution in [2.75, 3.05) is 0 Å². The van der Waals surface area contributed by atoms with E-state index in [1.807, 2.05) is 22.7 Å². The monoisotopic (exact) mass is 592 g/mol. The Morgan fingerprint density at radius 2 is 0.636 bits per heavy atom. The van der Waals surface area contributed by atoms with Gasteiger partial charge in [-0.15, -0.1) is 22.7 Å². The standard InChI is InChI=1S/C42H24S2/c1-3-7-33-25(5-1)9-11-31-21-27(13-17-35(31)33)29-15-19-37-39(23-29)43-42-38-20-16-30(24-40(38)44-41(37)42)28-14-18-36-32(22-28)12-10-26-6-2-4-8-34(26)36/h1-24H. The van der Waals surface area contributed by atoms with Crippen molar-refractivity contribution < 1.29 is 0 Å². The van der Waals surface area contributed by atoms with Crippen LogP contribution in [0.4, 0.5) is 0 Å². The number of fused-ring (bicyclic) bond motifs is 11. The second-order valence-corrected chi connectivity index (χ2v) is 13.8. The maximum atomic E-state index is 2.38. The second kappa shape index (κ2) is 9.24. The Morgan fingerprint density at radius 1 is 0.273 bits per heavy atom. The lowest BCUT2D eigenvalue weighted by molar-refractivity contribution is 1.70. The zero-order valence-corrected chi connectivity index (χ0v) is 25.3. The Kier molecular flexibility index (Phi) is 5.13. The third-order valence-electron chi connectivity index (χ3n) is 9.24. The summed E-state index contributed by atoms with van der Waals surface area (Å²) >= 11 is 3.85. The predicted octanol–water partition coefficient (Wildman–Crippen LogP) is 13.2. The van der Waals surface area contributed by atoms with Crippen molar-refractivity contribution in [1.29, 1.82) is 0 Å². The SMILES string of the molecule is c1ccc2c(c1)ccc1cc(-c3ccc4c(c3)sc3c5ccc(-c6ccc7c(ccc8ccccc87)c6)cc5sc43)ccc12. The first-order valence-electron chi connectivity index (χ1n) is 15.0. The van der Waals surface area contributed by atoms with Gasteiger partial charge in [0.25, 0.3) is 0 Å². The highest BCUT2D eigenvalue weighted by Gasteiger charge is 2.14. The Hall–Kier alpha value is -5.02. The lowest BCUT2D eigenvalue weighted by Crippen LogP contribution is -1.81. The predicted molar refractivity (Wildman–Crippen MR) is 196 cm³/mol. The molecule has 0 aliphatic carbocycles. The molecule has 0 saturated heterocycles. The number of rotatable bonds is 2. The molecule has 0 N–H and O–H groups in total. The van der Waals surface area contributed by atoms with Gasteiger partial charge in [0.05, 0.1) is 9.40 Å². The van der Waals surface area contributed by atoms with E-state index in [4.69, 9.17) is 0 Å². The van der Waals surface area contributed by atoms with Gasteiger partial charge in [-0.25, -0.2) is 0 Å². The first kappa shape index (κ1) is 24.4. The van der Waals surface area contributed by atoms with E-state index in [1.54, 1.807) is 0 Å². The van der Waals surface area contributed by atoms with Gasteiger partial charge in [-0.1, -0.05) is 121 Å². The van der Waals surface area contributed by atoms with Gasteiger partial charge in [-0.3, -0.25) is 0 Å². The molecule has 0 spiro atoms. The van der Waals surface area contributed by atoms with Crippen molar-refractivity contribution >= 4 is 95.3 Å². The van der Waals surface area contributed by atoms with Crippen LogP contribution in [-0.4, -0.2) is 0 Å². The van der Waals surface area contributed by atoms with Crippen LogP contribution in [0.5, 0.6) is 0 Å². The summed E-state index contributed by atoms with van der Waals surface area (Å²) in [5.74, 6) is 0. The van der Waals surface area contributed by atoms with Crippen molar-refractivity contribution in [3.8, 4) is 22.3 Å². The molecular weight excluding hydrogens is 569 g/mol. The summed E-state index contributed by atoms with van der Waals surface area (Å²) in [5.41, 5.74) is 5.09. The molecule has 8 aromatic carbocycles. The van der Waals surface area contributed by atoms with E-state index in [0.717, 1.165) is 0 Å². The topological polar surface area (TPSA) is 0 Å². The third kappa shape index (κ3) is 3.62. The molecular formula is C42H24S2. The van der Waals surface area contributed by atoms with Gasteiger partial charge in [0.1, 0.15) is 0 Å². The van der Waals surface area contributed by atoms with E-state index in [2.05, 4.69) is 146 Å². The summed E-state index contributed by atoms with van der Waals surface area (Å²) in [4.78, 5) is 0. The lowest BCUT2D eigenvalue weighted by atomic mass is 9.97. The van der Waals surface area contributed by atoms with Gasteiger partial charge in [-0.05, 0) is 89.6 Å². The fourth-order valence-electron chi connectivity index (χ4n) is 7.00. The van der Waals surface area contributed by atoms with Crippen LogP contribution in [-0.2, 0) is 0 Å². The molecule has 44 heavy (non-hydrogen) atoms. The highest BCUT2D eigenvalue weighted by Crippen LogP contribution is 2.46. The van der Waals surface area contributed by atoms with Gasteiger partial charge in [-0.2, -0.15) is 0 Å². The third-order valence-corrected chi connectivity index (χ3v) is 11.7. The molecule has 0 unspecified atom stereocenters. The van der Waals surface area contributed by atoms with Gasteiger partial charge >= 0.3 is 0 Å². The molecule has 0 aliphatic heterocycles. The lowest BCUT2D eigenvalue weighted by Gasteiger charge is -2.08. The molecule has 2 heteroatoms. The first-order valence-corrected chi connectivity index (χ1v) is 16.6. The van der Waals surface area contributed by atoms with E-state index in [9.17, 15) is 0 Å². The van der Waals surface area contributed by atoms with Crippen LogP contribution in [0.2, 0.25) is 0 Å². The number of hydrogen-bond donors (Lipinski definition) is 0. The first-order chi connectivity index (χ1) is 21.8. The van der Waals surface area contributed by atoms with Crippen LogP contribution in [0.25, 0.3) is 94.9 Å². The molecule has 0 nitrogen and oxygen atoms in total. The van der Waals surface area contributed by atoms with E-state index < -0.39 is 0 Å². The minimum Gasteiger partial charge on any atom is -0.134 e. The van der Waals surface area contributed by atoms with Crippen LogP contribution in [0, 0.1) is 0 Å². The summed E-state index contributed by atoms with van der Waals surface area (Å²) in [5, 5.41) is 13.1. The average molecular weight is 593 g/mol. The summed E-state index contributed by atoms with van der Waals surface area (Å²) < 4.78 is 5.52. The molecule has 204 valence electrons. The van der Waals surface area contributed by atoms with Crippen LogP contribution in [0.3, 0.4) is 0 Å². The Labute approximate surface area is 262 Å². The quantitative estimate of drug-likeness (QED) is 0.175. The minimum atomic E-state index is 1.27. The summed E-state index contributed by atoms with van der Waals surface area (Å²) in [7, 11) is 0. The Balaban J connectivity index is 1.05. The highest BCUT2D eigenvalue weighted by atomic mass is 32.1. The summed E-state index contributed by atoms with van der Waals surface area (Å²) in [6, 6.07) is 54.1. The molecule has 0 bridgehead atoms. The maximum absolute atomic E-state index is 2.38. The molecule has 0 amide bonds. The van der Waals surface area contributed by atoms with E-state index >= 15 is 0 Å². The Bertz CT molecular complexity index is 2580. The molecule has 10 rings (SSSR count). The fourth-order valence-corrected chi connectivity index (χ4v) is 9.73. The van der Waals surface area contributed by atoms with Crippen molar-refractivity contribution in [3.05, 3.63) is 146 Å². The van der Waals surface area contributed by atoms with Gasteiger partial charge < -0.3 is 0 Å². The van der Waals surface area contributed by atoms with Crippen LogP contribution in [0.1, 0.15) is 0 Å². The van der Waals surface area contributed by atoms with Crippen molar-refractivity contribution in [2.24, 2.45) is 0 Å². The van der Waals surface area contributed by atoms with Crippen molar-refractivity contribution in [1.82, 2.24) is 0 Å². The maximum Gasteiger partial charge on any atom is 0.0542 e. The highest BCUT2D eigenvalue weighted by molar-refractivity contribution is 7.36. The number of hydrogen-bond acceptors (Lipinski definition) is 2. The van der Waals surface area contributed by atoms with E-state index in [1.165, 1.54) is 94.9 Å². The summed E-state index contributed by atoms with van der Waals surface area (Å²) in [6.07, 6.45) is 0. The molecule has 2 heterocycles. The normalized spacial score (nSPS) is 12.1. The van der Waals surface area contributed by atoms with Crippen LogP contribution < -0.4 is 0 Å². The molecule has 0 fully saturated rings. The zero-order valence-electron chi connectivity index (χ0n) is 23.7. The minimum absolute atomic E-state index is 1.27. The molecule has 10 aromatic rings. The van der Waals surface area contributed by atoms with Gasteiger partial charge in [0.2, 0.25) is 0 Å². The average Bonchev–Trinajstić information content (AvgIpc) is 3.62. The van der Waals surface area contributed by atoms with E-state index in [-0.39, 0.29) is 0 Å². The smallest absolute Gasteiger partial charge is 0.0542 e. The van der Waals surface area contributed by atoms with Gasteiger partial charge in [0.15, 0.2) is 0 Å². The van der Waals surface area contributed by atoms with Gasteiger partial charge in [0, 0.05) is 20.2 Å². The zero-order chi connectivity index (χ0) is 28.8. The second-order valence-electron chi connectivity index (χ2n) is 11.7. The molecule has 2 aromatic heterocycles. The van der Waals surface area contributed by atoms with Crippen LogP contribution >= 0.6 is 22.7 Å². The van der Waals surface area contributed by atoms with Crippen LogP contribution in [0.15, 0.2) is 146 Å². The molecule has 0 atom stereocenters. The molecule has 0 radical (unpaired) electrons. The number of thiophene rings is 2. The molecule has 0 aliphatic rings. The fraction of sp³-hybridized carbons (Fsp3) is 0. The van der Waals surface area contributed by atoms with Crippen molar-refractivity contribution in [3.63, 3.8) is 0 Å².